The number of hydrogen-bond donors (Lipinski definition) is 1. The van der Waals surface area contributed by atoms with Gasteiger partial charge in [-0.05, 0) is 43.0 Å². The molecule has 1 N–H and O–H groups in total. The first-order chi connectivity index (χ1) is 15.2. The number of fused-ring (bicyclic) bond motifs is 1. The van der Waals surface area contributed by atoms with Crippen molar-refractivity contribution in [3.05, 3.63) is 83.7 Å². The van der Waals surface area contributed by atoms with Crippen LogP contribution in [-0.4, -0.2) is 10.9 Å². The van der Waals surface area contributed by atoms with E-state index in [1.807, 2.05) is 55.5 Å². The predicted molar refractivity (Wildman–Crippen MR) is 131 cm³/mol. The lowest BCUT2D eigenvalue weighted by Gasteiger charge is -2.15. The Morgan fingerprint density at radius 3 is 2.55 bits per heavy atom. The molecule has 0 atom stereocenters. The van der Waals surface area contributed by atoms with Gasteiger partial charge in [-0.2, -0.15) is 0 Å². The number of hydrogen-bond acceptors (Lipinski definition) is 2. The number of rotatable bonds is 10. The Morgan fingerprint density at radius 1 is 1.00 bits per heavy atom. The van der Waals surface area contributed by atoms with E-state index in [9.17, 15) is 4.79 Å². The number of carbonyl (C=O) groups excluding carboxylic acids is 1. The summed E-state index contributed by atoms with van der Waals surface area (Å²) in [5.41, 5.74) is 8.19. The van der Waals surface area contributed by atoms with Gasteiger partial charge in [-0.25, -0.2) is 0 Å². The normalized spacial score (nSPS) is 10.6. The number of aryl methyl sites for hydroxylation is 1. The van der Waals surface area contributed by atoms with Crippen LogP contribution >= 0.6 is 0 Å². The monoisotopic (exact) mass is 412 g/mol. The van der Waals surface area contributed by atoms with Gasteiger partial charge in [0.1, 0.15) is 0 Å². The van der Waals surface area contributed by atoms with Gasteiger partial charge >= 0.3 is 0 Å². The van der Waals surface area contributed by atoms with Crippen LogP contribution in [0, 0.1) is 6.92 Å². The minimum atomic E-state index is -0.123. The molecular weight excluding hydrogens is 380 g/mol. The van der Waals surface area contributed by atoms with Crippen molar-refractivity contribution in [2.24, 2.45) is 0 Å². The van der Waals surface area contributed by atoms with E-state index >= 15 is 0 Å². The Kier molecular flexibility index (Phi) is 8.20. The lowest BCUT2D eigenvalue weighted by molar-refractivity contribution is 0.102. The van der Waals surface area contributed by atoms with Gasteiger partial charge in [0, 0.05) is 17.2 Å². The summed E-state index contributed by atoms with van der Waals surface area (Å²) in [6.45, 7) is 8.13. The van der Waals surface area contributed by atoms with Crippen LogP contribution in [0.3, 0.4) is 0 Å². The zero-order valence-corrected chi connectivity index (χ0v) is 18.7. The SMILES string of the molecule is C=C=C(CCCCCCCC)c1cccc(C)c1C(=O)Nc1cccc2cccnc12. The predicted octanol–water partition coefficient (Wildman–Crippen LogP) is 7.71. The molecule has 0 aliphatic heterocycles. The van der Waals surface area contributed by atoms with Gasteiger partial charge in [-0.1, -0.05) is 82.0 Å². The minimum absolute atomic E-state index is 0.123. The molecule has 31 heavy (non-hydrogen) atoms. The average Bonchev–Trinajstić information content (AvgIpc) is 2.79. The lowest BCUT2D eigenvalue weighted by atomic mass is 9.92. The molecule has 0 aliphatic rings. The highest BCUT2D eigenvalue weighted by Crippen LogP contribution is 2.28. The number of benzene rings is 2. The molecule has 3 heteroatoms. The Hall–Kier alpha value is -3.16. The number of pyridine rings is 1. The number of carbonyl (C=O) groups is 1. The largest absolute Gasteiger partial charge is 0.320 e. The van der Waals surface area contributed by atoms with Crippen molar-refractivity contribution in [1.82, 2.24) is 4.98 Å². The number of aromatic nitrogens is 1. The van der Waals surface area contributed by atoms with E-state index in [4.69, 9.17) is 0 Å². The van der Waals surface area contributed by atoms with Crippen molar-refractivity contribution < 1.29 is 4.79 Å². The minimum Gasteiger partial charge on any atom is -0.320 e. The first-order valence-corrected chi connectivity index (χ1v) is 11.3. The van der Waals surface area contributed by atoms with Crippen LogP contribution in [-0.2, 0) is 0 Å². The zero-order valence-electron chi connectivity index (χ0n) is 18.7. The molecule has 3 rings (SSSR count). The van der Waals surface area contributed by atoms with Gasteiger partial charge < -0.3 is 5.32 Å². The molecule has 0 aliphatic carbocycles. The number of anilines is 1. The van der Waals surface area contributed by atoms with Crippen LogP contribution in [0.1, 0.15) is 73.4 Å². The summed E-state index contributed by atoms with van der Waals surface area (Å²) in [4.78, 5) is 17.8. The summed E-state index contributed by atoms with van der Waals surface area (Å²) < 4.78 is 0. The van der Waals surface area contributed by atoms with Crippen LogP contribution in [0.2, 0.25) is 0 Å². The summed E-state index contributed by atoms with van der Waals surface area (Å²) in [6.07, 6.45) is 10.0. The van der Waals surface area contributed by atoms with E-state index in [1.165, 1.54) is 32.1 Å². The zero-order chi connectivity index (χ0) is 22.1. The van der Waals surface area contributed by atoms with E-state index in [1.54, 1.807) is 6.20 Å². The van der Waals surface area contributed by atoms with Crippen molar-refractivity contribution in [2.75, 3.05) is 5.32 Å². The maximum Gasteiger partial charge on any atom is 0.256 e. The summed E-state index contributed by atoms with van der Waals surface area (Å²) in [5.74, 6) is -0.123. The average molecular weight is 413 g/mol. The molecule has 0 spiro atoms. The third-order valence-electron chi connectivity index (χ3n) is 5.70. The molecule has 1 amide bonds. The van der Waals surface area contributed by atoms with E-state index in [0.717, 1.165) is 46.1 Å². The quantitative estimate of drug-likeness (QED) is 0.274. The molecular formula is C28H32N2O. The van der Waals surface area contributed by atoms with Gasteiger partial charge in [0.05, 0.1) is 16.8 Å². The van der Waals surface area contributed by atoms with Crippen molar-refractivity contribution in [2.45, 2.75) is 58.8 Å². The fourth-order valence-electron chi connectivity index (χ4n) is 4.01. The Morgan fingerprint density at radius 2 is 1.74 bits per heavy atom. The molecule has 1 aromatic heterocycles. The van der Waals surface area contributed by atoms with Crippen molar-refractivity contribution in [3.63, 3.8) is 0 Å². The molecule has 0 unspecified atom stereocenters. The number of allylic oxidation sites excluding steroid dienone is 1. The highest BCUT2D eigenvalue weighted by Gasteiger charge is 2.18. The van der Waals surface area contributed by atoms with Gasteiger partial charge in [0.15, 0.2) is 0 Å². The molecule has 0 saturated heterocycles. The fraction of sp³-hybridized carbons (Fsp3) is 0.321. The van der Waals surface area contributed by atoms with Crippen molar-refractivity contribution in [3.8, 4) is 0 Å². The standard InChI is InChI=1S/C28H32N2O/c1-4-6-7-8-9-10-15-22(5-2)24-18-11-14-21(3)26(24)28(31)30-25-19-12-16-23-17-13-20-29-27(23)25/h11-14,16-20H,2,4,6-10,15H2,1,3H3,(H,30,31). The molecule has 0 radical (unpaired) electrons. The topological polar surface area (TPSA) is 42.0 Å². The van der Waals surface area contributed by atoms with Crippen LogP contribution in [0.4, 0.5) is 5.69 Å². The molecule has 2 aromatic carbocycles. The Labute approximate surface area is 185 Å². The molecule has 0 saturated carbocycles. The maximum absolute atomic E-state index is 13.4. The van der Waals surface area contributed by atoms with Crippen molar-refractivity contribution >= 4 is 28.1 Å². The van der Waals surface area contributed by atoms with Crippen molar-refractivity contribution in [1.29, 1.82) is 0 Å². The summed E-state index contributed by atoms with van der Waals surface area (Å²) in [7, 11) is 0. The number of amides is 1. The molecule has 1 heterocycles. The van der Waals surface area contributed by atoms with Gasteiger partial charge in [0.25, 0.3) is 5.91 Å². The molecule has 0 fully saturated rings. The number of para-hydroxylation sites is 1. The van der Waals surface area contributed by atoms with Crippen LogP contribution in [0.15, 0.2) is 67.0 Å². The number of unbranched alkanes of at least 4 members (excludes halogenated alkanes) is 5. The van der Waals surface area contributed by atoms with Gasteiger partial charge in [0.2, 0.25) is 0 Å². The molecule has 160 valence electrons. The highest BCUT2D eigenvalue weighted by atomic mass is 16.1. The Balaban J connectivity index is 1.81. The van der Waals surface area contributed by atoms with Crippen LogP contribution in [0.25, 0.3) is 16.5 Å². The highest BCUT2D eigenvalue weighted by molar-refractivity contribution is 6.11. The lowest BCUT2D eigenvalue weighted by Crippen LogP contribution is -2.16. The number of nitrogens with zero attached hydrogens (tertiary/aromatic N) is 1. The van der Waals surface area contributed by atoms with E-state index in [-0.39, 0.29) is 5.91 Å². The number of nitrogens with one attached hydrogen (secondary N) is 1. The fourth-order valence-corrected chi connectivity index (χ4v) is 4.01. The molecule has 3 aromatic rings. The summed E-state index contributed by atoms with van der Waals surface area (Å²) >= 11 is 0. The Bertz CT molecular complexity index is 1090. The van der Waals surface area contributed by atoms with Crippen LogP contribution in [0.5, 0.6) is 0 Å². The van der Waals surface area contributed by atoms with Crippen LogP contribution < -0.4 is 5.32 Å². The second kappa shape index (κ2) is 11.3. The third kappa shape index (κ3) is 5.71. The van der Waals surface area contributed by atoms with E-state index in [0.29, 0.717) is 5.56 Å². The smallest absolute Gasteiger partial charge is 0.256 e. The first-order valence-electron chi connectivity index (χ1n) is 11.3. The molecule has 0 bridgehead atoms. The summed E-state index contributed by atoms with van der Waals surface area (Å²) in [5, 5.41) is 4.09. The van der Waals surface area contributed by atoms with E-state index in [2.05, 4.69) is 29.5 Å². The summed E-state index contributed by atoms with van der Waals surface area (Å²) in [6, 6.07) is 15.7. The van der Waals surface area contributed by atoms with Gasteiger partial charge in [-0.15, -0.1) is 5.73 Å². The second-order valence-corrected chi connectivity index (χ2v) is 8.01. The molecule has 3 nitrogen and oxygen atoms in total. The first kappa shape index (κ1) is 22.5. The van der Waals surface area contributed by atoms with Gasteiger partial charge in [-0.3, -0.25) is 9.78 Å². The third-order valence-corrected chi connectivity index (χ3v) is 5.70. The van der Waals surface area contributed by atoms with E-state index < -0.39 is 0 Å². The second-order valence-electron chi connectivity index (χ2n) is 8.01. The maximum atomic E-state index is 13.4.